The maximum atomic E-state index is 12.3. The second kappa shape index (κ2) is 16.7. The van der Waals surface area contributed by atoms with Gasteiger partial charge in [0, 0.05) is 13.1 Å². The average Bonchev–Trinajstić information content (AvgIpc) is 2.93. The molecule has 2 aliphatic carbocycles. The van der Waals surface area contributed by atoms with E-state index in [0.29, 0.717) is 32.2 Å². The van der Waals surface area contributed by atoms with Gasteiger partial charge in [-0.05, 0) is 85.6 Å². The summed E-state index contributed by atoms with van der Waals surface area (Å²) in [5.41, 5.74) is 6.65. The number of carbonyl (C=O) groups excluding carboxylic acids is 2. The second-order valence-electron chi connectivity index (χ2n) is 11.2. The summed E-state index contributed by atoms with van der Waals surface area (Å²) in [6.45, 7) is 7.42. The molecule has 6 nitrogen and oxygen atoms in total. The number of nitrogens with one attached hydrogen (secondary N) is 2. The lowest BCUT2D eigenvalue weighted by Crippen LogP contribution is -2.28. The summed E-state index contributed by atoms with van der Waals surface area (Å²) < 4.78 is 10.4. The number of benzene rings is 1. The lowest BCUT2D eigenvalue weighted by Gasteiger charge is -2.30. The number of carbonyl (C=O) groups is 2. The first-order chi connectivity index (χ1) is 18.6. The van der Waals surface area contributed by atoms with Gasteiger partial charge in [-0.1, -0.05) is 77.2 Å². The summed E-state index contributed by atoms with van der Waals surface area (Å²) in [4.78, 5) is 24.6. The van der Waals surface area contributed by atoms with Crippen LogP contribution in [0.25, 0.3) is 0 Å². The Hall–Kier alpha value is -2.24. The first kappa shape index (κ1) is 30.3. The predicted octanol–water partition coefficient (Wildman–Crippen LogP) is 8.08. The smallest absolute Gasteiger partial charge is 0.407 e. The largest absolute Gasteiger partial charge is 0.450 e. The van der Waals surface area contributed by atoms with Gasteiger partial charge in [0.05, 0.1) is 13.2 Å². The average molecular weight is 529 g/mol. The van der Waals surface area contributed by atoms with Crippen molar-refractivity contribution in [2.24, 2.45) is 5.92 Å². The summed E-state index contributed by atoms with van der Waals surface area (Å²) >= 11 is 0. The highest BCUT2D eigenvalue weighted by molar-refractivity contribution is 5.68. The van der Waals surface area contributed by atoms with Gasteiger partial charge in [-0.3, -0.25) is 0 Å². The molecular weight excluding hydrogens is 476 g/mol. The number of rotatable bonds is 13. The van der Waals surface area contributed by atoms with E-state index >= 15 is 0 Å². The third kappa shape index (κ3) is 9.20. The highest BCUT2D eigenvalue weighted by atomic mass is 16.6. The van der Waals surface area contributed by atoms with Crippen LogP contribution in [0.1, 0.15) is 138 Å². The van der Waals surface area contributed by atoms with Gasteiger partial charge >= 0.3 is 12.2 Å². The minimum absolute atomic E-state index is 0.346. The van der Waals surface area contributed by atoms with E-state index in [2.05, 4.69) is 23.6 Å². The number of alkyl carbamates (subject to hydrolysis) is 2. The highest BCUT2D eigenvalue weighted by Gasteiger charge is 2.25. The molecule has 0 spiro atoms. The van der Waals surface area contributed by atoms with Crippen molar-refractivity contribution in [1.29, 1.82) is 0 Å². The maximum Gasteiger partial charge on any atom is 0.407 e. The summed E-state index contributed by atoms with van der Waals surface area (Å²) in [5.74, 6) is 1.43. The third-order valence-corrected chi connectivity index (χ3v) is 8.49. The summed E-state index contributed by atoms with van der Waals surface area (Å²) in [6.07, 6.45) is 18.1. The number of hydrogen-bond donors (Lipinski definition) is 2. The monoisotopic (exact) mass is 528 g/mol. The van der Waals surface area contributed by atoms with E-state index in [-0.39, 0.29) is 0 Å². The third-order valence-electron chi connectivity index (χ3n) is 8.49. The van der Waals surface area contributed by atoms with Crippen LogP contribution in [-0.4, -0.2) is 25.4 Å². The van der Waals surface area contributed by atoms with E-state index in [9.17, 15) is 9.59 Å². The molecule has 0 heterocycles. The van der Waals surface area contributed by atoms with Crippen LogP contribution in [0.15, 0.2) is 6.07 Å². The molecule has 2 fully saturated rings. The molecule has 0 radical (unpaired) electrons. The van der Waals surface area contributed by atoms with Crippen molar-refractivity contribution >= 4 is 12.2 Å². The first-order valence-electron chi connectivity index (χ1n) is 15.5. The zero-order valence-corrected chi connectivity index (χ0v) is 24.3. The van der Waals surface area contributed by atoms with Crippen molar-refractivity contribution in [1.82, 2.24) is 10.6 Å². The lowest BCUT2D eigenvalue weighted by molar-refractivity contribution is 0.150. The van der Waals surface area contributed by atoms with E-state index in [1.807, 2.05) is 13.8 Å². The molecule has 1 aromatic carbocycles. The molecule has 0 bridgehead atoms. The van der Waals surface area contributed by atoms with Gasteiger partial charge in [0.15, 0.2) is 0 Å². The van der Waals surface area contributed by atoms with E-state index in [1.54, 1.807) is 0 Å². The SMILES string of the molecule is CCCc1c(C2CCCCC2)cc(CNC(=O)OCC)c(CNC(=O)OCC)c1CCCC1CCCCC1. The van der Waals surface area contributed by atoms with Crippen molar-refractivity contribution in [3.05, 3.63) is 33.9 Å². The van der Waals surface area contributed by atoms with Crippen LogP contribution >= 0.6 is 0 Å². The van der Waals surface area contributed by atoms with Crippen molar-refractivity contribution in [2.45, 2.75) is 136 Å². The van der Waals surface area contributed by atoms with Crippen molar-refractivity contribution < 1.29 is 19.1 Å². The Morgan fingerprint density at radius 2 is 1.37 bits per heavy atom. The van der Waals surface area contributed by atoms with Gasteiger partial charge in [0.1, 0.15) is 0 Å². The van der Waals surface area contributed by atoms with Crippen LogP contribution in [0.3, 0.4) is 0 Å². The van der Waals surface area contributed by atoms with E-state index in [0.717, 1.165) is 36.3 Å². The Labute approximate surface area is 231 Å². The number of hydrogen-bond acceptors (Lipinski definition) is 4. The molecule has 2 saturated carbocycles. The molecule has 214 valence electrons. The van der Waals surface area contributed by atoms with Crippen molar-refractivity contribution in [2.75, 3.05) is 13.2 Å². The van der Waals surface area contributed by atoms with Crippen LogP contribution in [-0.2, 0) is 35.4 Å². The minimum atomic E-state index is -0.396. The Morgan fingerprint density at radius 3 is 1.97 bits per heavy atom. The van der Waals surface area contributed by atoms with Gasteiger partial charge < -0.3 is 20.1 Å². The molecule has 2 aliphatic rings. The maximum absolute atomic E-state index is 12.3. The van der Waals surface area contributed by atoms with Crippen LogP contribution < -0.4 is 10.6 Å². The van der Waals surface area contributed by atoms with Gasteiger partial charge in [0.2, 0.25) is 0 Å². The topological polar surface area (TPSA) is 76.7 Å². The summed E-state index contributed by atoms with van der Waals surface area (Å²) in [5, 5.41) is 5.96. The van der Waals surface area contributed by atoms with E-state index in [4.69, 9.17) is 9.47 Å². The zero-order chi connectivity index (χ0) is 27.2. The summed E-state index contributed by atoms with van der Waals surface area (Å²) in [6, 6.07) is 2.35. The van der Waals surface area contributed by atoms with Gasteiger partial charge in [-0.25, -0.2) is 9.59 Å². The molecule has 0 aliphatic heterocycles. The molecule has 2 N–H and O–H groups in total. The zero-order valence-electron chi connectivity index (χ0n) is 24.3. The van der Waals surface area contributed by atoms with E-state index < -0.39 is 12.2 Å². The predicted molar refractivity (Wildman–Crippen MR) is 153 cm³/mol. The van der Waals surface area contributed by atoms with Crippen molar-refractivity contribution in [3.63, 3.8) is 0 Å². The van der Waals surface area contributed by atoms with Crippen LogP contribution in [0.2, 0.25) is 0 Å². The highest BCUT2D eigenvalue weighted by Crippen LogP contribution is 2.39. The molecule has 0 aromatic heterocycles. The molecule has 6 heteroatoms. The molecule has 1 aromatic rings. The van der Waals surface area contributed by atoms with Gasteiger partial charge in [-0.2, -0.15) is 0 Å². The number of amides is 2. The molecular formula is C32H52N2O4. The fourth-order valence-corrected chi connectivity index (χ4v) is 6.65. The molecule has 2 amide bonds. The second-order valence-corrected chi connectivity index (χ2v) is 11.2. The van der Waals surface area contributed by atoms with Crippen LogP contribution in [0, 0.1) is 5.92 Å². The van der Waals surface area contributed by atoms with Crippen molar-refractivity contribution in [3.8, 4) is 0 Å². The van der Waals surface area contributed by atoms with E-state index in [1.165, 1.54) is 93.7 Å². The molecule has 0 saturated heterocycles. The van der Waals surface area contributed by atoms with Gasteiger partial charge in [0.25, 0.3) is 0 Å². The molecule has 0 atom stereocenters. The first-order valence-corrected chi connectivity index (χ1v) is 15.5. The molecule has 38 heavy (non-hydrogen) atoms. The fraction of sp³-hybridized carbons (Fsp3) is 0.750. The standard InChI is InChI=1S/C32H52N2O4/c1-4-14-27-28(20-13-17-24-15-9-7-10-16-24)30(23-34-32(36)38-6-3)26(22-33-31(35)37-5-2)21-29(27)25-18-11-8-12-19-25/h21,24-25H,4-20,22-23H2,1-3H3,(H,33,35)(H,34,36). The van der Waals surface area contributed by atoms with Crippen LogP contribution in [0.4, 0.5) is 9.59 Å². The number of ether oxygens (including phenoxy) is 2. The Balaban J connectivity index is 1.98. The Kier molecular flexibility index (Phi) is 13.3. The lowest BCUT2D eigenvalue weighted by atomic mass is 9.76. The molecule has 0 unspecified atom stereocenters. The quantitative estimate of drug-likeness (QED) is 0.271. The minimum Gasteiger partial charge on any atom is -0.450 e. The Bertz CT molecular complexity index is 873. The molecule has 3 rings (SSSR count). The Morgan fingerprint density at radius 1 is 0.763 bits per heavy atom. The van der Waals surface area contributed by atoms with Gasteiger partial charge in [-0.15, -0.1) is 0 Å². The normalized spacial score (nSPS) is 16.7. The summed E-state index contributed by atoms with van der Waals surface area (Å²) in [7, 11) is 0. The van der Waals surface area contributed by atoms with Crippen LogP contribution in [0.5, 0.6) is 0 Å². The fourth-order valence-electron chi connectivity index (χ4n) is 6.65.